The molecule has 0 aliphatic carbocycles. The first kappa shape index (κ1) is 16.7. The van der Waals surface area contributed by atoms with Crippen molar-refractivity contribution in [1.29, 1.82) is 0 Å². The van der Waals surface area contributed by atoms with Crippen LogP contribution in [0.3, 0.4) is 0 Å². The Hall–Kier alpha value is -3.73. The molecular formula is C22H15FN2O2. The van der Waals surface area contributed by atoms with E-state index >= 15 is 0 Å². The van der Waals surface area contributed by atoms with Crippen molar-refractivity contribution >= 4 is 22.5 Å². The van der Waals surface area contributed by atoms with Crippen molar-refractivity contribution in [2.45, 2.75) is 0 Å². The summed E-state index contributed by atoms with van der Waals surface area (Å²) in [5.41, 5.74) is 1.93. The summed E-state index contributed by atoms with van der Waals surface area (Å²) in [6, 6.07) is 22.0. The average Bonchev–Trinajstić information content (AvgIpc) is 2.69. The molecule has 0 radical (unpaired) electrons. The van der Waals surface area contributed by atoms with Gasteiger partial charge in [0, 0.05) is 22.2 Å². The number of aromatic nitrogens is 1. The summed E-state index contributed by atoms with van der Waals surface area (Å²) in [5.74, 6) is -0.950. The number of hydrogen-bond acceptors (Lipinski definition) is 2. The van der Waals surface area contributed by atoms with Crippen LogP contribution in [0.15, 0.2) is 83.7 Å². The maximum absolute atomic E-state index is 13.1. The number of fused-ring (bicyclic) bond motifs is 1. The normalized spacial score (nSPS) is 10.7. The molecule has 1 amide bonds. The summed E-state index contributed by atoms with van der Waals surface area (Å²) >= 11 is 0. The molecule has 4 rings (SSSR count). The third-order valence-electron chi connectivity index (χ3n) is 4.31. The van der Waals surface area contributed by atoms with Crippen LogP contribution >= 0.6 is 0 Å². The number of nitrogens with one attached hydrogen (secondary N) is 2. The zero-order chi connectivity index (χ0) is 18.8. The Bertz CT molecular complexity index is 1180. The van der Waals surface area contributed by atoms with Crippen molar-refractivity contribution < 1.29 is 9.18 Å². The van der Waals surface area contributed by atoms with Crippen LogP contribution in [0.4, 0.5) is 10.1 Å². The molecule has 1 heterocycles. The largest absolute Gasteiger partial charge is 0.322 e. The lowest BCUT2D eigenvalue weighted by Crippen LogP contribution is -2.24. The van der Waals surface area contributed by atoms with Crippen LogP contribution in [0.2, 0.25) is 0 Å². The number of rotatable bonds is 3. The predicted octanol–water partition coefficient (Wildman–Crippen LogP) is 4.59. The molecule has 4 aromatic rings. The first-order valence-corrected chi connectivity index (χ1v) is 8.41. The van der Waals surface area contributed by atoms with Gasteiger partial charge in [-0.05, 0) is 35.9 Å². The Morgan fingerprint density at radius 1 is 0.852 bits per heavy atom. The van der Waals surface area contributed by atoms with Crippen molar-refractivity contribution in [2.24, 2.45) is 0 Å². The molecule has 5 heteroatoms. The quantitative estimate of drug-likeness (QED) is 0.563. The van der Waals surface area contributed by atoms with Crippen LogP contribution in [0.5, 0.6) is 0 Å². The van der Waals surface area contributed by atoms with Crippen LogP contribution in [-0.4, -0.2) is 10.9 Å². The van der Waals surface area contributed by atoms with E-state index in [0.29, 0.717) is 16.8 Å². The first-order valence-electron chi connectivity index (χ1n) is 8.41. The van der Waals surface area contributed by atoms with E-state index in [2.05, 4.69) is 10.3 Å². The Labute approximate surface area is 154 Å². The molecule has 0 unspecified atom stereocenters. The molecule has 1 aromatic heterocycles. The number of H-pyrrole nitrogens is 1. The van der Waals surface area contributed by atoms with Gasteiger partial charge in [-0.25, -0.2) is 4.39 Å². The molecular weight excluding hydrogens is 343 g/mol. The third kappa shape index (κ3) is 3.22. The number of para-hydroxylation sites is 1. The van der Waals surface area contributed by atoms with Crippen LogP contribution in [-0.2, 0) is 0 Å². The van der Waals surface area contributed by atoms with Gasteiger partial charge in [-0.1, -0.05) is 48.5 Å². The van der Waals surface area contributed by atoms with Crippen molar-refractivity contribution in [3.05, 3.63) is 101 Å². The van der Waals surface area contributed by atoms with E-state index in [9.17, 15) is 14.0 Å². The molecule has 0 aliphatic heterocycles. The monoisotopic (exact) mass is 358 g/mol. The van der Waals surface area contributed by atoms with Crippen molar-refractivity contribution in [3.63, 3.8) is 0 Å². The smallest absolute Gasteiger partial charge is 0.261 e. The lowest BCUT2D eigenvalue weighted by atomic mass is 9.95. The fraction of sp³-hybridized carbons (Fsp3) is 0. The van der Waals surface area contributed by atoms with Gasteiger partial charge in [0.15, 0.2) is 0 Å². The molecule has 0 fully saturated rings. The number of carbonyl (C=O) groups excluding carboxylic acids is 1. The Morgan fingerprint density at radius 2 is 1.52 bits per heavy atom. The van der Waals surface area contributed by atoms with Crippen molar-refractivity contribution in [1.82, 2.24) is 4.98 Å². The van der Waals surface area contributed by atoms with E-state index < -0.39 is 17.3 Å². The van der Waals surface area contributed by atoms with Crippen molar-refractivity contribution in [3.8, 4) is 11.1 Å². The van der Waals surface area contributed by atoms with Gasteiger partial charge in [0.1, 0.15) is 11.4 Å². The first-order chi connectivity index (χ1) is 13.1. The summed E-state index contributed by atoms with van der Waals surface area (Å²) < 4.78 is 13.1. The number of anilines is 1. The highest BCUT2D eigenvalue weighted by Crippen LogP contribution is 2.29. The van der Waals surface area contributed by atoms with E-state index in [1.807, 2.05) is 48.5 Å². The molecule has 0 saturated carbocycles. The zero-order valence-corrected chi connectivity index (χ0v) is 14.2. The van der Waals surface area contributed by atoms with Crippen LogP contribution < -0.4 is 10.9 Å². The van der Waals surface area contributed by atoms with Gasteiger partial charge < -0.3 is 10.3 Å². The summed E-state index contributed by atoms with van der Waals surface area (Å²) in [5, 5.41) is 3.45. The number of amides is 1. The SMILES string of the molecule is O=C(Nc1ccc(F)cc1)c1c(-c2ccccc2)c2ccccc2[nH]c1=O. The molecule has 0 spiro atoms. The Morgan fingerprint density at radius 3 is 2.26 bits per heavy atom. The highest BCUT2D eigenvalue weighted by atomic mass is 19.1. The highest BCUT2D eigenvalue weighted by molar-refractivity contribution is 6.13. The van der Waals surface area contributed by atoms with E-state index in [1.54, 1.807) is 6.07 Å². The third-order valence-corrected chi connectivity index (χ3v) is 4.31. The molecule has 0 bridgehead atoms. The van der Waals surface area contributed by atoms with Gasteiger partial charge in [0.05, 0.1) is 0 Å². The maximum atomic E-state index is 13.1. The summed E-state index contributed by atoms with van der Waals surface area (Å²) in [4.78, 5) is 28.4. The second-order valence-corrected chi connectivity index (χ2v) is 6.08. The second kappa shape index (κ2) is 6.88. The minimum atomic E-state index is -0.549. The minimum Gasteiger partial charge on any atom is -0.322 e. The van der Waals surface area contributed by atoms with E-state index in [-0.39, 0.29) is 5.56 Å². The molecule has 3 aromatic carbocycles. The zero-order valence-electron chi connectivity index (χ0n) is 14.2. The number of carbonyl (C=O) groups is 1. The fourth-order valence-corrected chi connectivity index (χ4v) is 3.09. The fourth-order valence-electron chi connectivity index (χ4n) is 3.09. The molecule has 0 atom stereocenters. The molecule has 27 heavy (non-hydrogen) atoms. The van der Waals surface area contributed by atoms with Crippen LogP contribution in [0.1, 0.15) is 10.4 Å². The maximum Gasteiger partial charge on any atom is 0.261 e. The van der Waals surface area contributed by atoms with E-state index in [4.69, 9.17) is 0 Å². The summed E-state index contributed by atoms with van der Waals surface area (Å²) in [6.45, 7) is 0. The summed E-state index contributed by atoms with van der Waals surface area (Å²) in [6.07, 6.45) is 0. The number of halogens is 1. The number of pyridine rings is 1. The van der Waals surface area contributed by atoms with E-state index in [1.165, 1.54) is 24.3 Å². The van der Waals surface area contributed by atoms with Gasteiger partial charge in [-0.3, -0.25) is 9.59 Å². The molecule has 4 nitrogen and oxygen atoms in total. The molecule has 132 valence electrons. The number of benzene rings is 3. The van der Waals surface area contributed by atoms with Gasteiger partial charge in [0.25, 0.3) is 11.5 Å². The molecule has 0 saturated heterocycles. The highest BCUT2D eigenvalue weighted by Gasteiger charge is 2.20. The standard InChI is InChI=1S/C22H15FN2O2/c23-15-10-12-16(13-11-15)24-21(26)20-19(14-6-2-1-3-7-14)17-8-4-5-9-18(17)25-22(20)27/h1-13H,(H,24,26)(H,25,27). The van der Waals surface area contributed by atoms with Crippen molar-refractivity contribution in [2.75, 3.05) is 5.32 Å². The second-order valence-electron chi connectivity index (χ2n) is 6.08. The summed E-state index contributed by atoms with van der Waals surface area (Å²) in [7, 11) is 0. The lowest BCUT2D eigenvalue weighted by Gasteiger charge is -2.13. The van der Waals surface area contributed by atoms with E-state index in [0.717, 1.165) is 10.9 Å². The molecule has 0 aliphatic rings. The van der Waals surface area contributed by atoms with Crippen LogP contribution in [0.25, 0.3) is 22.0 Å². The lowest BCUT2D eigenvalue weighted by molar-refractivity contribution is 0.102. The van der Waals surface area contributed by atoms with Crippen LogP contribution in [0, 0.1) is 5.82 Å². The Kier molecular flexibility index (Phi) is 4.26. The van der Waals surface area contributed by atoms with Gasteiger partial charge in [0.2, 0.25) is 0 Å². The van der Waals surface area contributed by atoms with Gasteiger partial charge in [-0.15, -0.1) is 0 Å². The number of hydrogen-bond donors (Lipinski definition) is 2. The Balaban J connectivity index is 1.91. The average molecular weight is 358 g/mol. The van der Waals surface area contributed by atoms with Gasteiger partial charge in [-0.2, -0.15) is 0 Å². The minimum absolute atomic E-state index is 0.0178. The number of aromatic amines is 1. The predicted molar refractivity (Wildman–Crippen MR) is 104 cm³/mol. The topological polar surface area (TPSA) is 62.0 Å². The van der Waals surface area contributed by atoms with Gasteiger partial charge >= 0.3 is 0 Å². The molecule has 2 N–H and O–H groups in total.